The smallest absolute Gasteiger partial charge is 0.389 e. The van der Waals surface area contributed by atoms with E-state index in [1.807, 2.05) is 11.8 Å². The highest BCUT2D eigenvalue weighted by Crippen LogP contribution is 2.23. The molecule has 0 amide bonds. The Kier molecular flexibility index (Phi) is 6.26. The molecule has 118 valence electrons. The third-order valence-corrected chi connectivity index (χ3v) is 3.96. The minimum absolute atomic E-state index is 0.111. The van der Waals surface area contributed by atoms with Crippen molar-refractivity contribution in [2.24, 2.45) is 0 Å². The Morgan fingerprint density at radius 3 is 2.10 bits per heavy atom. The van der Waals surface area contributed by atoms with Gasteiger partial charge in [0.25, 0.3) is 0 Å². The Bertz CT molecular complexity index is 315. The standard InChI is InChI=1S/C13H23F3N2O2/c1-10(4-3-5-13(14,15)16)17-6-8-18(9-7-17)11(2)12(19)20/h10-11H,3-9H2,1-2H3,(H,19,20). The number of piperazine rings is 1. The van der Waals surface area contributed by atoms with E-state index < -0.39 is 24.6 Å². The van der Waals surface area contributed by atoms with E-state index in [4.69, 9.17) is 5.11 Å². The molecule has 1 aliphatic rings. The minimum atomic E-state index is -4.07. The fourth-order valence-corrected chi connectivity index (χ4v) is 2.50. The molecule has 0 spiro atoms. The zero-order valence-corrected chi connectivity index (χ0v) is 12.0. The highest BCUT2D eigenvalue weighted by Gasteiger charge is 2.29. The van der Waals surface area contributed by atoms with Crippen LogP contribution in [0.25, 0.3) is 0 Å². The van der Waals surface area contributed by atoms with Crippen LogP contribution in [0.2, 0.25) is 0 Å². The number of carboxylic acid groups (broad SMARTS) is 1. The topological polar surface area (TPSA) is 43.8 Å². The van der Waals surface area contributed by atoms with Crippen molar-refractivity contribution in [3.63, 3.8) is 0 Å². The number of hydrogen-bond donors (Lipinski definition) is 1. The molecule has 2 atom stereocenters. The number of hydrogen-bond acceptors (Lipinski definition) is 3. The van der Waals surface area contributed by atoms with Crippen molar-refractivity contribution in [3.8, 4) is 0 Å². The number of nitrogens with zero attached hydrogens (tertiary/aromatic N) is 2. The molecule has 0 aromatic rings. The second-order valence-corrected chi connectivity index (χ2v) is 5.44. The van der Waals surface area contributed by atoms with Crippen LogP contribution in [0.15, 0.2) is 0 Å². The molecule has 1 fully saturated rings. The molecule has 1 saturated heterocycles. The van der Waals surface area contributed by atoms with Gasteiger partial charge in [-0.2, -0.15) is 13.2 Å². The van der Waals surface area contributed by atoms with Crippen LogP contribution in [0.5, 0.6) is 0 Å². The van der Waals surface area contributed by atoms with Gasteiger partial charge in [-0.25, -0.2) is 0 Å². The van der Waals surface area contributed by atoms with Crippen molar-refractivity contribution >= 4 is 5.97 Å². The van der Waals surface area contributed by atoms with E-state index in [-0.39, 0.29) is 12.5 Å². The Hall–Kier alpha value is -0.820. The summed E-state index contributed by atoms with van der Waals surface area (Å²) in [7, 11) is 0. The normalized spacial score (nSPS) is 21.6. The maximum absolute atomic E-state index is 12.1. The molecule has 0 saturated carbocycles. The number of aliphatic carboxylic acids is 1. The molecule has 1 rings (SSSR count). The summed E-state index contributed by atoms with van der Waals surface area (Å²) < 4.78 is 36.3. The zero-order chi connectivity index (χ0) is 15.3. The molecule has 4 nitrogen and oxygen atoms in total. The van der Waals surface area contributed by atoms with E-state index in [2.05, 4.69) is 4.90 Å². The summed E-state index contributed by atoms with van der Waals surface area (Å²) in [4.78, 5) is 14.9. The van der Waals surface area contributed by atoms with Crippen molar-refractivity contribution in [2.45, 2.75) is 51.4 Å². The largest absolute Gasteiger partial charge is 0.480 e. The Labute approximate surface area is 117 Å². The van der Waals surface area contributed by atoms with Gasteiger partial charge in [0.05, 0.1) is 0 Å². The molecule has 20 heavy (non-hydrogen) atoms. The van der Waals surface area contributed by atoms with Crippen LogP contribution >= 0.6 is 0 Å². The van der Waals surface area contributed by atoms with Crippen LogP contribution in [-0.2, 0) is 4.79 Å². The maximum atomic E-state index is 12.1. The molecule has 0 radical (unpaired) electrons. The predicted molar refractivity (Wildman–Crippen MR) is 69.6 cm³/mol. The van der Waals surface area contributed by atoms with Gasteiger partial charge in [-0.1, -0.05) is 0 Å². The molecule has 0 bridgehead atoms. The molecule has 0 aromatic heterocycles. The molecular weight excluding hydrogens is 273 g/mol. The van der Waals surface area contributed by atoms with E-state index in [9.17, 15) is 18.0 Å². The van der Waals surface area contributed by atoms with Crippen molar-refractivity contribution in [1.82, 2.24) is 9.80 Å². The van der Waals surface area contributed by atoms with Crippen LogP contribution in [0.3, 0.4) is 0 Å². The molecule has 0 aliphatic carbocycles. The second kappa shape index (κ2) is 7.26. The van der Waals surface area contributed by atoms with Crippen LogP contribution < -0.4 is 0 Å². The summed E-state index contributed by atoms with van der Waals surface area (Å²) in [5.41, 5.74) is 0. The molecule has 7 heteroatoms. The van der Waals surface area contributed by atoms with Gasteiger partial charge < -0.3 is 5.11 Å². The average Bonchev–Trinajstić information content (AvgIpc) is 2.36. The SMILES string of the molecule is CC(CCCC(F)(F)F)N1CCN(C(C)C(=O)O)CC1. The summed E-state index contributed by atoms with van der Waals surface area (Å²) in [6.45, 7) is 6.32. The summed E-state index contributed by atoms with van der Waals surface area (Å²) in [5.74, 6) is -0.836. The maximum Gasteiger partial charge on any atom is 0.389 e. The first kappa shape index (κ1) is 17.2. The fourth-order valence-electron chi connectivity index (χ4n) is 2.50. The monoisotopic (exact) mass is 296 g/mol. The van der Waals surface area contributed by atoms with Crippen LogP contribution in [0.4, 0.5) is 13.2 Å². The van der Waals surface area contributed by atoms with E-state index in [1.54, 1.807) is 6.92 Å². The summed E-state index contributed by atoms with van der Waals surface area (Å²) in [6, 6.07) is -0.391. The third-order valence-electron chi connectivity index (χ3n) is 3.96. The minimum Gasteiger partial charge on any atom is -0.480 e. The molecule has 0 aromatic carbocycles. The van der Waals surface area contributed by atoms with E-state index in [1.165, 1.54) is 0 Å². The van der Waals surface area contributed by atoms with Crippen LogP contribution in [-0.4, -0.2) is 65.3 Å². The summed E-state index contributed by atoms with van der Waals surface area (Å²) >= 11 is 0. The van der Waals surface area contributed by atoms with Gasteiger partial charge in [0.2, 0.25) is 0 Å². The third kappa shape index (κ3) is 5.66. The van der Waals surface area contributed by atoms with E-state index in [0.29, 0.717) is 32.6 Å². The summed E-state index contributed by atoms with van der Waals surface area (Å²) in [5, 5.41) is 8.94. The van der Waals surface area contributed by atoms with Crippen molar-refractivity contribution in [1.29, 1.82) is 0 Å². The molecule has 2 unspecified atom stereocenters. The second-order valence-electron chi connectivity index (χ2n) is 5.44. The lowest BCUT2D eigenvalue weighted by Gasteiger charge is -2.39. The van der Waals surface area contributed by atoms with Gasteiger partial charge in [-0.3, -0.25) is 14.6 Å². The first-order chi connectivity index (χ1) is 9.20. The lowest BCUT2D eigenvalue weighted by molar-refractivity contribution is -0.143. The first-order valence-corrected chi connectivity index (χ1v) is 6.98. The highest BCUT2D eigenvalue weighted by atomic mass is 19.4. The first-order valence-electron chi connectivity index (χ1n) is 6.98. The number of carbonyl (C=O) groups is 1. The number of alkyl halides is 3. The van der Waals surface area contributed by atoms with Crippen molar-refractivity contribution in [3.05, 3.63) is 0 Å². The van der Waals surface area contributed by atoms with Crippen molar-refractivity contribution in [2.75, 3.05) is 26.2 Å². The molecule has 1 aliphatic heterocycles. The van der Waals surface area contributed by atoms with Crippen molar-refractivity contribution < 1.29 is 23.1 Å². The van der Waals surface area contributed by atoms with Crippen LogP contribution in [0, 0.1) is 0 Å². The zero-order valence-electron chi connectivity index (χ0n) is 12.0. The number of carboxylic acids is 1. The average molecular weight is 296 g/mol. The number of halogens is 3. The van der Waals surface area contributed by atoms with E-state index in [0.717, 1.165) is 0 Å². The highest BCUT2D eigenvalue weighted by molar-refractivity contribution is 5.72. The predicted octanol–water partition coefficient (Wildman–Crippen LogP) is 2.20. The lowest BCUT2D eigenvalue weighted by Crippen LogP contribution is -2.53. The Morgan fingerprint density at radius 2 is 1.65 bits per heavy atom. The number of rotatable bonds is 6. The van der Waals surface area contributed by atoms with Gasteiger partial charge in [-0.15, -0.1) is 0 Å². The van der Waals surface area contributed by atoms with Gasteiger partial charge in [0.1, 0.15) is 6.04 Å². The molecule has 1 N–H and O–H groups in total. The quantitative estimate of drug-likeness (QED) is 0.816. The van der Waals surface area contributed by atoms with Gasteiger partial charge in [0.15, 0.2) is 0 Å². The van der Waals surface area contributed by atoms with Crippen LogP contribution in [0.1, 0.15) is 33.1 Å². The lowest BCUT2D eigenvalue weighted by atomic mass is 10.1. The summed E-state index contributed by atoms with van der Waals surface area (Å²) in [6.07, 6.45) is -4.13. The van der Waals surface area contributed by atoms with Gasteiger partial charge in [0, 0.05) is 38.6 Å². The molecular formula is C13H23F3N2O2. The molecule has 1 heterocycles. The van der Waals surface area contributed by atoms with Gasteiger partial charge >= 0.3 is 12.1 Å². The Balaban J connectivity index is 2.28. The Morgan fingerprint density at radius 1 is 1.15 bits per heavy atom. The van der Waals surface area contributed by atoms with E-state index >= 15 is 0 Å². The van der Waals surface area contributed by atoms with Gasteiger partial charge in [-0.05, 0) is 26.7 Å². The fraction of sp³-hybridized carbons (Fsp3) is 0.923.